The molecule has 1 fully saturated rings. The lowest BCUT2D eigenvalue weighted by atomic mass is 10.1. The van der Waals surface area contributed by atoms with Gasteiger partial charge >= 0.3 is 0 Å². The van der Waals surface area contributed by atoms with Gasteiger partial charge in [-0.25, -0.2) is 9.37 Å². The maximum absolute atomic E-state index is 13.6. The number of rotatable bonds is 2. The Labute approximate surface area is 122 Å². The van der Waals surface area contributed by atoms with Crippen LogP contribution in [0.15, 0.2) is 12.1 Å². The van der Waals surface area contributed by atoms with Crippen molar-refractivity contribution in [1.29, 1.82) is 0 Å². The molecule has 1 aliphatic heterocycles. The molecule has 5 nitrogen and oxygen atoms in total. The second kappa shape index (κ2) is 5.35. The minimum Gasteiger partial charge on any atom is -0.369 e. The molecule has 112 valence electrons. The number of hydrogen-bond donors (Lipinski definition) is 1. The summed E-state index contributed by atoms with van der Waals surface area (Å²) in [4.78, 5) is 18.4. The maximum atomic E-state index is 13.6. The van der Waals surface area contributed by atoms with E-state index in [9.17, 15) is 9.18 Å². The number of benzene rings is 1. The first kappa shape index (κ1) is 13.9. The highest BCUT2D eigenvalue weighted by Crippen LogP contribution is 2.22. The number of imidazole rings is 1. The first-order chi connectivity index (χ1) is 10.1. The smallest absolute Gasteiger partial charge is 0.242 e. The number of carbonyl (C=O) groups is 1. The molecule has 1 amide bonds. The molecule has 0 radical (unpaired) electrons. The van der Waals surface area contributed by atoms with Crippen LogP contribution in [0.3, 0.4) is 0 Å². The topological polar surface area (TPSA) is 64.1 Å². The Morgan fingerprint density at radius 1 is 1.33 bits per heavy atom. The van der Waals surface area contributed by atoms with Gasteiger partial charge in [-0.05, 0) is 37.8 Å². The van der Waals surface area contributed by atoms with Crippen LogP contribution in [0, 0.1) is 12.7 Å². The van der Waals surface area contributed by atoms with Gasteiger partial charge in [0.2, 0.25) is 11.9 Å². The quantitative estimate of drug-likeness (QED) is 0.921. The van der Waals surface area contributed by atoms with Crippen molar-refractivity contribution in [3.8, 4) is 0 Å². The standard InChI is InChI=1S/C15H19FN4O/c1-10-7-13-12(8-11(10)16)18-15(17)20(13)9-14(21)19-5-3-2-4-6-19/h7-8H,2-6,9H2,1H3,(H2,17,18). The summed E-state index contributed by atoms with van der Waals surface area (Å²) in [6, 6.07) is 3.06. The number of amides is 1. The zero-order valence-electron chi connectivity index (χ0n) is 12.1. The van der Waals surface area contributed by atoms with Crippen molar-refractivity contribution in [2.24, 2.45) is 0 Å². The largest absolute Gasteiger partial charge is 0.369 e. The summed E-state index contributed by atoms with van der Waals surface area (Å²) in [6.45, 7) is 3.46. The molecule has 0 aliphatic carbocycles. The van der Waals surface area contributed by atoms with Crippen LogP contribution in [0.4, 0.5) is 10.3 Å². The monoisotopic (exact) mass is 290 g/mol. The van der Waals surface area contributed by atoms with Crippen molar-refractivity contribution in [2.75, 3.05) is 18.8 Å². The SMILES string of the molecule is Cc1cc2c(cc1F)nc(N)n2CC(=O)N1CCCCC1. The molecule has 1 saturated heterocycles. The van der Waals surface area contributed by atoms with E-state index >= 15 is 0 Å². The normalized spacial score (nSPS) is 15.6. The van der Waals surface area contributed by atoms with Crippen LogP contribution in [0.5, 0.6) is 0 Å². The second-order valence-corrected chi connectivity index (χ2v) is 5.59. The molecule has 1 aromatic heterocycles. The van der Waals surface area contributed by atoms with Gasteiger partial charge in [0, 0.05) is 19.2 Å². The Hall–Kier alpha value is -2.11. The highest BCUT2D eigenvalue weighted by molar-refractivity contribution is 5.83. The summed E-state index contributed by atoms with van der Waals surface area (Å²) in [5.41, 5.74) is 7.61. The minimum atomic E-state index is -0.311. The molecule has 2 heterocycles. The molecule has 0 spiro atoms. The van der Waals surface area contributed by atoms with Crippen molar-refractivity contribution in [3.05, 3.63) is 23.5 Å². The van der Waals surface area contributed by atoms with Crippen LogP contribution in [-0.4, -0.2) is 33.4 Å². The number of anilines is 1. The number of piperidine rings is 1. The number of aromatic nitrogens is 2. The fourth-order valence-electron chi connectivity index (χ4n) is 2.81. The lowest BCUT2D eigenvalue weighted by molar-refractivity contribution is -0.132. The van der Waals surface area contributed by atoms with Gasteiger partial charge in [0.15, 0.2) is 0 Å². The molecule has 0 saturated carbocycles. The number of nitrogens with two attached hydrogens (primary N) is 1. The van der Waals surface area contributed by atoms with Crippen LogP contribution in [-0.2, 0) is 11.3 Å². The molecule has 0 unspecified atom stereocenters. The van der Waals surface area contributed by atoms with Crippen molar-refractivity contribution < 1.29 is 9.18 Å². The van der Waals surface area contributed by atoms with Gasteiger partial charge in [-0.15, -0.1) is 0 Å². The predicted octanol–water partition coefficient (Wildman–Crippen LogP) is 2.08. The highest BCUT2D eigenvalue weighted by atomic mass is 19.1. The number of nitrogen functional groups attached to an aromatic ring is 1. The molecule has 3 rings (SSSR count). The van der Waals surface area contributed by atoms with E-state index in [4.69, 9.17) is 5.73 Å². The van der Waals surface area contributed by atoms with E-state index < -0.39 is 0 Å². The number of nitrogens with zero attached hydrogens (tertiary/aromatic N) is 3. The molecule has 1 aromatic carbocycles. The van der Waals surface area contributed by atoms with Crippen molar-refractivity contribution in [2.45, 2.75) is 32.7 Å². The Bertz CT molecular complexity index is 689. The van der Waals surface area contributed by atoms with Gasteiger partial charge in [0.05, 0.1) is 11.0 Å². The van der Waals surface area contributed by atoms with Crippen LogP contribution in [0.25, 0.3) is 11.0 Å². The summed E-state index contributed by atoms with van der Waals surface area (Å²) in [5.74, 6) is -0.0162. The van der Waals surface area contributed by atoms with Gasteiger partial charge in [-0.3, -0.25) is 4.79 Å². The highest BCUT2D eigenvalue weighted by Gasteiger charge is 2.19. The lowest BCUT2D eigenvalue weighted by Crippen LogP contribution is -2.37. The van der Waals surface area contributed by atoms with Crippen molar-refractivity contribution in [3.63, 3.8) is 0 Å². The van der Waals surface area contributed by atoms with E-state index in [1.165, 1.54) is 12.5 Å². The second-order valence-electron chi connectivity index (χ2n) is 5.59. The maximum Gasteiger partial charge on any atom is 0.242 e. The minimum absolute atomic E-state index is 0.0441. The first-order valence-corrected chi connectivity index (χ1v) is 7.26. The van der Waals surface area contributed by atoms with Crippen LogP contribution < -0.4 is 5.73 Å². The third kappa shape index (κ3) is 2.57. The molecule has 6 heteroatoms. The average Bonchev–Trinajstić information content (AvgIpc) is 2.76. The third-order valence-corrected chi connectivity index (χ3v) is 4.06. The molecule has 2 aromatic rings. The Balaban J connectivity index is 1.91. The van der Waals surface area contributed by atoms with Crippen LogP contribution in [0.1, 0.15) is 24.8 Å². The Morgan fingerprint density at radius 3 is 2.76 bits per heavy atom. The van der Waals surface area contributed by atoms with Crippen LogP contribution >= 0.6 is 0 Å². The summed E-state index contributed by atoms with van der Waals surface area (Å²) in [5, 5.41) is 0. The lowest BCUT2D eigenvalue weighted by Gasteiger charge is -2.27. The van der Waals surface area contributed by atoms with E-state index in [-0.39, 0.29) is 24.2 Å². The number of carbonyl (C=O) groups excluding carboxylic acids is 1. The van der Waals surface area contributed by atoms with Gasteiger partial charge < -0.3 is 15.2 Å². The predicted molar refractivity (Wildman–Crippen MR) is 79.3 cm³/mol. The summed E-state index contributed by atoms with van der Waals surface area (Å²) < 4.78 is 15.2. The summed E-state index contributed by atoms with van der Waals surface area (Å²) in [6.07, 6.45) is 3.28. The molecule has 0 atom stereocenters. The fraction of sp³-hybridized carbons (Fsp3) is 0.467. The van der Waals surface area contributed by atoms with E-state index in [0.717, 1.165) is 25.9 Å². The molecule has 0 bridgehead atoms. The molecular weight excluding hydrogens is 271 g/mol. The van der Waals surface area contributed by atoms with E-state index in [2.05, 4.69) is 4.98 Å². The van der Waals surface area contributed by atoms with Gasteiger partial charge in [-0.2, -0.15) is 0 Å². The summed E-state index contributed by atoms with van der Waals surface area (Å²) >= 11 is 0. The number of halogens is 1. The molecule has 2 N–H and O–H groups in total. The molecule has 1 aliphatic rings. The molecule has 21 heavy (non-hydrogen) atoms. The van der Waals surface area contributed by atoms with Gasteiger partial charge in [0.1, 0.15) is 12.4 Å². The van der Waals surface area contributed by atoms with E-state index in [0.29, 0.717) is 16.6 Å². The van der Waals surface area contributed by atoms with E-state index in [1.807, 2.05) is 4.90 Å². The van der Waals surface area contributed by atoms with Gasteiger partial charge in [-0.1, -0.05) is 0 Å². The van der Waals surface area contributed by atoms with Crippen LogP contribution in [0.2, 0.25) is 0 Å². The van der Waals surface area contributed by atoms with E-state index in [1.54, 1.807) is 17.6 Å². The number of fused-ring (bicyclic) bond motifs is 1. The zero-order valence-corrected chi connectivity index (χ0v) is 12.1. The first-order valence-electron chi connectivity index (χ1n) is 7.26. The average molecular weight is 290 g/mol. The Kier molecular flexibility index (Phi) is 3.53. The Morgan fingerprint density at radius 2 is 2.05 bits per heavy atom. The third-order valence-electron chi connectivity index (χ3n) is 4.06. The van der Waals surface area contributed by atoms with Crippen molar-refractivity contribution in [1.82, 2.24) is 14.5 Å². The molecular formula is C15H19FN4O. The summed E-state index contributed by atoms with van der Waals surface area (Å²) in [7, 11) is 0. The van der Waals surface area contributed by atoms with Crippen molar-refractivity contribution >= 4 is 22.9 Å². The number of hydrogen-bond acceptors (Lipinski definition) is 3. The fourth-order valence-corrected chi connectivity index (χ4v) is 2.81. The zero-order chi connectivity index (χ0) is 15.0. The number of aryl methyl sites for hydroxylation is 1. The van der Waals surface area contributed by atoms with Gasteiger partial charge in [0.25, 0.3) is 0 Å². The number of likely N-dealkylation sites (tertiary alicyclic amines) is 1.